The highest BCUT2D eigenvalue weighted by atomic mass is 79.9. The molecule has 0 aromatic carbocycles. The second kappa shape index (κ2) is 4.94. The molecular formula is C8H3BrF5NO2. The van der Waals surface area contributed by atoms with Crippen LogP contribution in [-0.2, 0) is 0 Å². The Kier molecular flexibility index (Phi) is 4.02. The molecule has 1 heterocycles. The van der Waals surface area contributed by atoms with Gasteiger partial charge in [0.25, 0.3) is 6.43 Å². The summed E-state index contributed by atoms with van der Waals surface area (Å²) in [5.41, 5.74) is -1.59. The predicted molar refractivity (Wildman–Crippen MR) is 49.0 cm³/mol. The summed E-state index contributed by atoms with van der Waals surface area (Å²) in [6.45, 7) is 0. The number of rotatable bonds is 3. The van der Waals surface area contributed by atoms with E-state index < -0.39 is 34.3 Å². The number of halogens is 6. The van der Waals surface area contributed by atoms with Crippen molar-refractivity contribution in [1.29, 1.82) is 0 Å². The van der Waals surface area contributed by atoms with Gasteiger partial charge in [-0.2, -0.15) is 0 Å². The van der Waals surface area contributed by atoms with Gasteiger partial charge in [-0.05, 0) is 15.9 Å². The van der Waals surface area contributed by atoms with Crippen LogP contribution in [-0.4, -0.2) is 17.6 Å². The van der Waals surface area contributed by atoms with Crippen molar-refractivity contribution < 1.29 is 31.5 Å². The Balaban J connectivity index is 3.25. The summed E-state index contributed by atoms with van der Waals surface area (Å²) in [7, 11) is 0. The van der Waals surface area contributed by atoms with Crippen LogP contribution >= 0.6 is 15.9 Å². The molecule has 0 spiro atoms. The summed E-state index contributed by atoms with van der Waals surface area (Å²) < 4.78 is 63.4. The highest BCUT2D eigenvalue weighted by molar-refractivity contribution is 9.10. The summed E-state index contributed by atoms with van der Waals surface area (Å²) in [6.07, 6.45) is -7.64. The van der Waals surface area contributed by atoms with Crippen molar-refractivity contribution in [3.63, 3.8) is 0 Å². The Morgan fingerprint density at radius 1 is 1.41 bits per heavy atom. The predicted octanol–water partition coefficient (Wildman–Crippen LogP) is 3.49. The number of aromatic nitrogens is 1. The second-order valence-corrected chi connectivity index (χ2v) is 3.49. The van der Waals surface area contributed by atoms with Crippen molar-refractivity contribution in [2.45, 2.75) is 12.8 Å². The van der Waals surface area contributed by atoms with Gasteiger partial charge in [0, 0.05) is 0 Å². The third kappa shape index (κ3) is 3.35. The lowest BCUT2D eigenvalue weighted by Crippen LogP contribution is -2.18. The largest absolute Gasteiger partial charge is 0.573 e. The first-order chi connectivity index (χ1) is 7.76. The average Bonchev–Trinajstić information content (AvgIpc) is 2.18. The molecule has 0 saturated carbocycles. The number of alkyl halides is 5. The first-order valence-corrected chi connectivity index (χ1v) is 4.73. The van der Waals surface area contributed by atoms with Gasteiger partial charge < -0.3 is 4.74 Å². The van der Waals surface area contributed by atoms with Crippen LogP contribution in [0.3, 0.4) is 0 Å². The summed E-state index contributed by atoms with van der Waals surface area (Å²) in [5.74, 6) is -0.857. The monoisotopic (exact) mass is 319 g/mol. The third-order valence-corrected chi connectivity index (χ3v) is 2.42. The first-order valence-electron chi connectivity index (χ1n) is 3.93. The van der Waals surface area contributed by atoms with Gasteiger partial charge in [-0.25, -0.2) is 8.78 Å². The van der Waals surface area contributed by atoms with Crippen LogP contribution in [0.2, 0.25) is 0 Å². The van der Waals surface area contributed by atoms with E-state index in [0.29, 0.717) is 6.20 Å². The van der Waals surface area contributed by atoms with E-state index in [0.717, 1.165) is 0 Å². The zero-order valence-electron chi connectivity index (χ0n) is 7.76. The van der Waals surface area contributed by atoms with Gasteiger partial charge in [0.2, 0.25) is 0 Å². The van der Waals surface area contributed by atoms with Crippen LogP contribution in [0.5, 0.6) is 5.75 Å². The molecule has 3 nitrogen and oxygen atoms in total. The van der Waals surface area contributed by atoms with Gasteiger partial charge in [0.05, 0.1) is 16.2 Å². The van der Waals surface area contributed by atoms with Crippen molar-refractivity contribution >= 4 is 22.2 Å². The fourth-order valence-electron chi connectivity index (χ4n) is 0.981. The molecule has 94 valence electrons. The standard InChI is InChI=1S/C8H3BrF5NO2/c9-5-3(2-16)6(7(10)11)15-1-4(5)17-8(12,13)14/h1-2,7H. The van der Waals surface area contributed by atoms with E-state index in [1.54, 1.807) is 0 Å². The molecule has 0 N–H and O–H groups in total. The van der Waals surface area contributed by atoms with E-state index in [1.807, 2.05) is 0 Å². The lowest BCUT2D eigenvalue weighted by Gasteiger charge is -2.12. The van der Waals surface area contributed by atoms with E-state index in [4.69, 9.17) is 0 Å². The molecule has 0 aliphatic carbocycles. The molecule has 17 heavy (non-hydrogen) atoms. The van der Waals surface area contributed by atoms with Crippen LogP contribution in [0, 0.1) is 0 Å². The minimum Gasteiger partial charge on any atom is -0.403 e. The molecule has 0 aliphatic heterocycles. The van der Waals surface area contributed by atoms with Gasteiger partial charge in [0.1, 0.15) is 5.69 Å². The van der Waals surface area contributed by atoms with Crippen LogP contribution in [0.1, 0.15) is 22.5 Å². The Morgan fingerprint density at radius 3 is 2.41 bits per heavy atom. The van der Waals surface area contributed by atoms with Crippen LogP contribution in [0.4, 0.5) is 22.0 Å². The van der Waals surface area contributed by atoms with Crippen molar-refractivity contribution in [2.75, 3.05) is 0 Å². The summed E-state index contributed by atoms with van der Waals surface area (Å²) in [5, 5.41) is 0. The molecule has 9 heteroatoms. The molecule has 1 aromatic rings. The lowest BCUT2D eigenvalue weighted by molar-refractivity contribution is -0.275. The van der Waals surface area contributed by atoms with Crippen molar-refractivity contribution in [2.24, 2.45) is 0 Å². The molecule has 1 aromatic heterocycles. The summed E-state index contributed by atoms with van der Waals surface area (Å²) >= 11 is 2.58. The number of carbonyl (C=O) groups is 1. The van der Waals surface area contributed by atoms with Crippen molar-refractivity contribution in [3.8, 4) is 5.75 Å². The Bertz CT molecular complexity index is 435. The molecule has 0 radical (unpaired) electrons. The molecular weight excluding hydrogens is 317 g/mol. The summed E-state index contributed by atoms with van der Waals surface area (Å²) in [6, 6.07) is 0. The van der Waals surface area contributed by atoms with Crippen molar-refractivity contribution in [1.82, 2.24) is 4.98 Å². The number of hydrogen-bond acceptors (Lipinski definition) is 3. The fraction of sp³-hybridized carbons (Fsp3) is 0.250. The summed E-state index contributed by atoms with van der Waals surface area (Å²) in [4.78, 5) is 13.6. The smallest absolute Gasteiger partial charge is 0.403 e. The lowest BCUT2D eigenvalue weighted by atomic mass is 10.2. The maximum absolute atomic E-state index is 12.4. The molecule has 0 atom stereocenters. The van der Waals surface area contributed by atoms with Crippen LogP contribution < -0.4 is 4.74 Å². The Hall–Kier alpha value is -1.25. The molecule has 0 aliphatic rings. The molecule has 0 fully saturated rings. The highest BCUT2D eigenvalue weighted by Crippen LogP contribution is 2.35. The number of nitrogens with zero attached hydrogens (tertiary/aromatic N) is 1. The van der Waals surface area contributed by atoms with Gasteiger partial charge in [0.15, 0.2) is 12.0 Å². The van der Waals surface area contributed by atoms with Gasteiger partial charge in [-0.1, -0.05) is 0 Å². The van der Waals surface area contributed by atoms with E-state index in [1.165, 1.54) is 0 Å². The number of ether oxygens (including phenoxy) is 1. The van der Waals surface area contributed by atoms with Crippen LogP contribution in [0.25, 0.3) is 0 Å². The molecule has 0 amide bonds. The minimum absolute atomic E-state index is 0.0260. The highest BCUT2D eigenvalue weighted by Gasteiger charge is 2.33. The van der Waals surface area contributed by atoms with E-state index in [2.05, 4.69) is 25.7 Å². The fourth-order valence-corrected chi connectivity index (χ4v) is 1.46. The normalized spacial score (nSPS) is 11.7. The third-order valence-electron chi connectivity index (χ3n) is 1.60. The van der Waals surface area contributed by atoms with Crippen molar-refractivity contribution in [3.05, 3.63) is 21.9 Å². The zero-order valence-corrected chi connectivity index (χ0v) is 9.35. The van der Waals surface area contributed by atoms with E-state index in [9.17, 15) is 26.7 Å². The van der Waals surface area contributed by atoms with E-state index in [-0.39, 0.29) is 6.29 Å². The number of hydrogen-bond donors (Lipinski definition) is 0. The SMILES string of the molecule is O=Cc1c(C(F)F)ncc(OC(F)(F)F)c1Br. The molecule has 0 bridgehead atoms. The molecule has 1 rings (SSSR count). The Morgan fingerprint density at radius 2 is 2.00 bits per heavy atom. The Labute approximate surface area is 99.7 Å². The van der Waals surface area contributed by atoms with Gasteiger partial charge >= 0.3 is 6.36 Å². The number of pyridine rings is 1. The maximum atomic E-state index is 12.4. The molecule has 0 saturated heterocycles. The van der Waals surface area contributed by atoms with Crippen LogP contribution in [0.15, 0.2) is 10.7 Å². The number of carbonyl (C=O) groups excluding carboxylic acids is 1. The van der Waals surface area contributed by atoms with E-state index >= 15 is 0 Å². The molecule has 0 unspecified atom stereocenters. The maximum Gasteiger partial charge on any atom is 0.573 e. The first kappa shape index (κ1) is 13.8. The quantitative estimate of drug-likeness (QED) is 0.632. The second-order valence-electron chi connectivity index (χ2n) is 2.70. The topological polar surface area (TPSA) is 39.2 Å². The zero-order chi connectivity index (χ0) is 13.2. The van der Waals surface area contributed by atoms with Gasteiger partial charge in [-0.3, -0.25) is 9.78 Å². The minimum atomic E-state index is -5.00. The van der Waals surface area contributed by atoms with Gasteiger partial charge in [-0.15, -0.1) is 13.2 Å². The average molecular weight is 320 g/mol. The number of aldehydes is 1.